The lowest BCUT2D eigenvalue weighted by atomic mass is 10.0. The highest BCUT2D eigenvalue weighted by atomic mass is 19.2. The van der Waals surface area contributed by atoms with Crippen LogP contribution >= 0.6 is 0 Å². The van der Waals surface area contributed by atoms with Crippen LogP contribution in [0.3, 0.4) is 0 Å². The van der Waals surface area contributed by atoms with E-state index in [-0.39, 0.29) is 11.9 Å². The lowest BCUT2D eigenvalue weighted by Crippen LogP contribution is -2.30. The first-order valence-corrected chi connectivity index (χ1v) is 7.44. The number of carbonyl (C=O) groups is 1. The van der Waals surface area contributed by atoms with Crippen LogP contribution in [0, 0.1) is 11.6 Å². The summed E-state index contributed by atoms with van der Waals surface area (Å²) >= 11 is 0. The van der Waals surface area contributed by atoms with Gasteiger partial charge in [-0.15, -0.1) is 0 Å². The van der Waals surface area contributed by atoms with Gasteiger partial charge in [-0.2, -0.15) is 0 Å². The van der Waals surface area contributed by atoms with Gasteiger partial charge in [0, 0.05) is 19.2 Å². The van der Waals surface area contributed by atoms with E-state index in [9.17, 15) is 13.6 Å². The number of anilines is 1. The van der Waals surface area contributed by atoms with Crippen molar-refractivity contribution in [1.29, 1.82) is 0 Å². The molecule has 5 heteroatoms. The highest BCUT2D eigenvalue weighted by Gasteiger charge is 2.18. The van der Waals surface area contributed by atoms with Crippen molar-refractivity contribution in [3.05, 3.63) is 65.2 Å². The van der Waals surface area contributed by atoms with Crippen LogP contribution in [0.2, 0.25) is 0 Å². The van der Waals surface area contributed by atoms with Crippen molar-refractivity contribution < 1.29 is 13.6 Å². The summed E-state index contributed by atoms with van der Waals surface area (Å²) in [5.41, 5.74) is 8.01. The fourth-order valence-electron chi connectivity index (χ4n) is 2.39. The first-order chi connectivity index (χ1) is 10.9. The van der Waals surface area contributed by atoms with Crippen LogP contribution in [0.15, 0.2) is 42.5 Å². The van der Waals surface area contributed by atoms with E-state index in [2.05, 4.69) is 0 Å². The first-order valence-electron chi connectivity index (χ1n) is 7.44. The van der Waals surface area contributed by atoms with Gasteiger partial charge in [0.2, 0.25) is 5.91 Å². The Morgan fingerprint density at radius 3 is 2.52 bits per heavy atom. The van der Waals surface area contributed by atoms with Crippen LogP contribution < -0.4 is 5.73 Å². The quantitative estimate of drug-likeness (QED) is 0.855. The topological polar surface area (TPSA) is 46.3 Å². The predicted molar refractivity (Wildman–Crippen MR) is 86.7 cm³/mol. The van der Waals surface area contributed by atoms with Gasteiger partial charge >= 0.3 is 0 Å². The summed E-state index contributed by atoms with van der Waals surface area (Å²) in [5.74, 6) is -1.88. The Hall–Kier alpha value is -2.43. The van der Waals surface area contributed by atoms with E-state index in [1.165, 1.54) is 11.0 Å². The van der Waals surface area contributed by atoms with Crippen molar-refractivity contribution in [2.24, 2.45) is 0 Å². The standard InChI is InChI=1S/C18H20F2N2O/c1-12(14-7-9-15(19)16(20)11-14)22(2)18(23)10-8-13-5-3-4-6-17(13)21/h3-7,9,11-12H,8,10,21H2,1-2H3. The van der Waals surface area contributed by atoms with Crippen molar-refractivity contribution in [3.63, 3.8) is 0 Å². The van der Waals surface area contributed by atoms with Gasteiger partial charge in [0.05, 0.1) is 6.04 Å². The molecule has 0 saturated carbocycles. The van der Waals surface area contributed by atoms with Crippen molar-refractivity contribution in [3.8, 4) is 0 Å². The third-order valence-corrected chi connectivity index (χ3v) is 4.06. The molecule has 0 aliphatic heterocycles. The number of hydrogen-bond acceptors (Lipinski definition) is 2. The zero-order valence-corrected chi connectivity index (χ0v) is 13.2. The van der Waals surface area contributed by atoms with E-state index in [0.29, 0.717) is 24.1 Å². The summed E-state index contributed by atoms with van der Waals surface area (Å²) in [5, 5.41) is 0. The molecular weight excluding hydrogens is 298 g/mol. The third kappa shape index (κ3) is 4.06. The van der Waals surface area contributed by atoms with Gasteiger partial charge in [0.1, 0.15) is 0 Å². The minimum absolute atomic E-state index is 0.0783. The Bertz CT molecular complexity index is 703. The summed E-state index contributed by atoms with van der Waals surface area (Å²) < 4.78 is 26.3. The number of para-hydroxylation sites is 1. The molecule has 0 heterocycles. The molecular formula is C18H20F2N2O. The number of nitrogens with two attached hydrogens (primary N) is 1. The molecule has 1 amide bonds. The van der Waals surface area contributed by atoms with Crippen LogP contribution in [0.1, 0.15) is 30.5 Å². The Labute approximate surface area is 134 Å². The summed E-state index contributed by atoms with van der Waals surface area (Å²) in [6.07, 6.45) is 0.846. The number of nitrogen functional groups attached to an aromatic ring is 1. The fourth-order valence-corrected chi connectivity index (χ4v) is 2.39. The van der Waals surface area contributed by atoms with E-state index in [4.69, 9.17) is 5.73 Å². The van der Waals surface area contributed by atoms with Gasteiger partial charge in [0.25, 0.3) is 0 Å². The Morgan fingerprint density at radius 1 is 1.17 bits per heavy atom. The number of carbonyl (C=O) groups excluding carboxylic acids is 1. The maximum atomic E-state index is 13.3. The lowest BCUT2D eigenvalue weighted by molar-refractivity contribution is -0.131. The number of rotatable bonds is 5. The molecule has 2 aromatic rings. The Kier molecular flexibility index (Phi) is 5.32. The second-order valence-corrected chi connectivity index (χ2v) is 5.55. The molecule has 122 valence electrons. The molecule has 1 unspecified atom stereocenters. The number of halogens is 2. The van der Waals surface area contributed by atoms with Gasteiger partial charge in [-0.25, -0.2) is 8.78 Å². The van der Waals surface area contributed by atoms with E-state index >= 15 is 0 Å². The monoisotopic (exact) mass is 318 g/mol. The van der Waals surface area contributed by atoms with E-state index in [1.54, 1.807) is 20.0 Å². The van der Waals surface area contributed by atoms with E-state index in [0.717, 1.165) is 17.7 Å². The normalized spacial score (nSPS) is 12.0. The van der Waals surface area contributed by atoms with Gasteiger partial charge in [-0.05, 0) is 42.7 Å². The van der Waals surface area contributed by atoms with Crippen LogP contribution in [0.4, 0.5) is 14.5 Å². The number of nitrogens with zero attached hydrogens (tertiary/aromatic N) is 1. The molecule has 0 aromatic heterocycles. The van der Waals surface area contributed by atoms with E-state index < -0.39 is 11.6 Å². The third-order valence-electron chi connectivity index (χ3n) is 4.06. The number of aryl methyl sites for hydroxylation is 1. The Balaban J connectivity index is 2.01. The first kappa shape index (κ1) is 16.9. The van der Waals surface area contributed by atoms with Crippen LogP contribution in [0.5, 0.6) is 0 Å². The second kappa shape index (κ2) is 7.22. The van der Waals surface area contributed by atoms with Crippen molar-refractivity contribution >= 4 is 11.6 Å². The fraction of sp³-hybridized carbons (Fsp3) is 0.278. The maximum absolute atomic E-state index is 13.3. The largest absolute Gasteiger partial charge is 0.399 e. The maximum Gasteiger partial charge on any atom is 0.223 e. The van der Waals surface area contributed by atoms with Crippen molar-refractivity contribution in [2.75, 3.05) is 12.8 Å². The SMILES string of the molecule is CC(c1ccc(F)c(F)c1)N(C)C(=O)CCc1ccccc1N. The molecule has 23 heavy (non-hydrogen) atoms. The highest BCUT2D eigenvalue weighted by Crippen LogP contribution is 2.22. The van der Waals surface area contributed by atoms with Crippen molar-refractivity contribution in [1.82, 2.24) is 4.90 Å². The molecule has 3 nitrogen and oxygen atoms in total. The zero-order valence-electron chi connectivity index (χ0n) is 13.2. The van der Waals surface area contributed by atoms with Crippen LogP contribution in [-0.2, 0) is 11.2 Å². The van der Waals surface area contributed by atoms with Gasteiger partial charge in [0.15, 0.2) is 11.6 Å². The number of benzene rings is 2. The molecule has 1 atom stereocenters. The van der Waals surface area contributed by atoms with Crippen molar-refractivity contribution in [2.45, 2.75) is 25.8 Å². The molecule has 0 aliphatic carbocycles. The zero-order chi connectivity index (χ0) is 17.0. The van der Waals surface area contributed by atoms with Gasteiger partial charge in [-0.3, -0.25) is 4.79 Å². The molecule has 2 aromatic carbocycles. The van der Waals surface area contributed by atoms with Gasteiger partial charge in [-0.1, -0.05) is 24.3 Å². The molecule has 0 fully saturated rings. The second-order valence-electron chi connectivity index (χ2n) is 5.55. The molecule has 2 N–H and O–H groups in total. The Morgan fingerprint density at radius 2 is 1.87 bits per heavy atom. The number of amides is 1. The smallest absolute Gasteiger partial charge is 0.223 e. The minimum Gasteiger partial charge on any atom is -0.399 e. The number of hydrogen-bond donors (Lipinski definition) is 1. The molecule has 2 rings (SSSR count). The molecule has 0 spiro atoms. The summed E-state index contributed by atoms with van der Waals surface area (Å²) in [6.45, 7) is 1.78. The summed E-state index contributed by atoms with van der Waals surface area (Å²) in [7, 11) is 1.66. The predicted octanol–water partition coefficient (Wildman–Crippen LogP) is 3.70. The molecule has 0 radical (unpaired) electrons. The minimum atomic E-state index is -0.910. The van der Waals surface area contributed by atoms with E-state index in [1.807, 2.05) is 18.2 Å². The summed E-state index contributed by atoms with van der Waals surface area (Å²) in [6, 6.07) is 10.8. The molecule has 0 aliphatic rings. The lowest BCUT2D eigenvalue weighted by Gasteiger charge is -2.25. The van der Waals surface area contributed by atoms with Crippen LogP contribution in [0.25, 0.3) is 0 Å². The van der Waals surface area contributed by atoms with Crippen LogP contribution in [-0.4, -0.2) is 17.9 Å². The molecule has 0 bridgehead atoms. The molecule has 0 saturated heterocycles. The average Bonchev–Trinajstić information content (AvgIpc) is 2.55. The summed E-state index contributed by atoms with van der Waals surface area (Å²) in [4.78, 5) is 13.8. The average molecular weight is 318 g/mol. The van der Waals surface area contributed by atoms with Gasteiger partial charge < -0.3 is 10.6 Å². The highest BCUT2D eigenvalue weighted by molar-refractivity contribution is 5.77.